The average Bonchev–Trinajstić information content (AvgIpc) is 2.84. The highest BCUT2D eigenvalue weighted by Crippen LogP contribution is 2.43. The van der Waals surface area contributed by atoms with Crippen LogP contribution in [0.15, 0.2) is 48.5 Å². The normalized spacial score (nSPS) is 20.7. The summed E-state index contributed by atoms with van der Waals surface area (Å²) < 4.78 is 5.90. The summed E-state index contributed by atoms with van der Waals surface area (Å²) in [5, 5.41) is 0. The van der Waals surface area contributed by atoms with E-state index in [1.165, 1.54) is 11.1 Å². The third kappa shape index (κ3) is 2.10. The van der Waals surface area contributed by atoms with Gasteiger partial charge in [0.2, 0.25) is 0 Å². The van der Waals surface area contributed by atoms with E-state index >= 15 is 0 Å². The Balaban J connectivity index is 2.05. The Morgan fingerprint density at radius 1 is 1.05 bits per heavy atom. The van der Waals surface area contributed by atoms with E-state index in [0.29, 0.717) is 0 Å². The molecule has 20 heavy (non-hydrogen) atoms. The number of para-hydroxylation sites is 1. The number of aryl methyl sites for hydroxylation is 1. The molecule has 0 fully saturated rings. The number of ether oxygens (including phenoxy) is 1. The monoisotopic (exact) mass is 267 g/mol. The van der Waals surface area contributed by atoms with Crippen LogP contribution in [0.3, 0.4) is 0 Å². The molecule has 2 N–H and O–H groups in total. The van der Waals surface area contributed by atoms with Crippen LogP contribution in [0.1, 0.15) is 36.5 Å². The molecular formula is C18H21NO. The summed E-state index contributed by atoms with van der Waals surface area (Å²) in [5.74, 6) is 0.925. The molecule has 1 aliphatic rings. The van der Waals surface area contributed by atoms with Gasteiger partial charge in [0.1, 0.15) is 5.75 Å². The van der Waals surface area contributed by atoms with Crippen LogP contribution < -0.4 is 10.5 Å². The number of hydrogen-bond donors (Lipinski definition) is 1. The highest BCUT2D eigenvalue weighted by atomic mass is 16.5. The van der Waals surface area contributed by atoms with Gasteiger partial charge in [0.05, 0.1) is 12.1 Å². The Bertz CT molecular complexity index is 608. The second kappa shape index (κ2) is 5.29. The third-order valence-corrected chi connectivity index (χ3v) is 4.12. The topological polar surface area (TPSA) is 35.2 Å². The summed E-state index contributed by atoms with van der Waals surface area (Å²) in [6, 6.07) is 16.7. The Labute approximate surface area is 120 Å². The van der Waals surface area contributed by atoms with Crippen LogP contribution in [0, 0.1) is 0 Å². The lowest BCUT2D eigenvalue weighted by Gasteiger charge is -2.28. The fourth-order valence-corrected chi connectivity index (χ4v) is 3.09. The van der Waals surface area contributed by atoms with Crippen molar-refractivity contribution in [3.8, 4) is 5.75 Å². The first-order valence-electron chi connectivity index (χ1n) is 7.35. The van der Waals surface area contributed by atoms with Gasteiger partial charge in [0, 0.05) is 5.56 Å². The number of fused-ring (bicyclic) bond motifs is 1. The maximum atomic E-state index is 6.78. The maximum absolute atomic E-state index is 6.78. The Morgan fingerprint density at radius 2 is 1.75 bits per heavy atom. The molecule has 2 nitrogen and oxygen atoms in total. The molecule has 0 aliphatic heterocycles. The van der Waals surface area contributed by atoms with E-state index in [-0.39, 0.29) is 0 Å². The smallest absolute Gasteiger partial charge is 0.124 e. The molecule has 3 rings (SSSR count). The van der Waals surface area contributed by atoms with Gasteiger partial charge >= 0.3 is 0 Å². The molecule has 2 aromatic rings. The van der Waals surface area contributed by atoms with Crippen molar-refractivity contribution in [2.45, 2.75) is 31.7 Å². The molecule has 2 heteroatoms. The molecule has 0 radical (unpaired) electrons. The first-order valence-corrected chi connectivity index (χ1v) is 7.35. The second-order valence-corrected chi connectivity index (χ2v) is 5.47. The van der Waals surface area contributed by atoms with Crippen LogP contribution in [-0.2, 0) is 12.0 Å². The van der Waals surface area contributed by atoms with Crippen LogP contribution in [0.5, 0.6) is 5.75 Å². The van der Waals surface area contributed by atoms with Crippen LogP contribution in [-0.4, -0.2) is 6.61 Å². The standard InChI is InChI=1S/C18H21NO/c1-2-13-20-17-10-6-5-9-16(17)18(19)12-11-14-7-3-4-8-15(14)18/h3-10H,2,11-13,19H2,1H3. The van der Waals surface area contributed by atoms with Gasteiger partial charge in [-0.3, -0.25) is 0 Å². The summed E-state index contributed by atoms with van der Waals surface area (Å²) in [4.78, 5) is 0. The molecule has 1 aliphatic carbocycles. The molecule has 2 aromatic carbocycles. The van der Waals surface area contributed by atoms with E-state index < -0.39 is 5.54 Å². The fourth-order valence-electron chi connectivity index (χ4n) is 3.09. The first kappa shape index (κ1) is 13.2. The predicted molar refractivity (Wildman–Crippen MR) is 82.0 cm³/mol. The van der Waals surface area contributed by atoms with Gasteiger partial charge in [-0.25, -0.2) is 0 Å². The van der Waals surface area contributed by atoms with E-state index in [0.717, 1.165) is 37.2 Å². The molecule has 104 valence electrons. The van der Waals surface area contributed by atoms with Crippen molar-refractivity contribution < 1.29 is 4.74 Å². The van der Waals surface area contributed by atoms with Gasteiger partial charge < -0.3 is 10.5 Å². The summed E-state index contributed by atoms with van der Waals surface area (Å²) >= 11 is 0. The maximum Gasteiger partial charge on any atom is 0.124 e. The van der Waals surface area contributed by atoms with Gasteiger partial charge in [-0.1, -0.05) is 49.4 Å². The van der Waals surface area contributed by atoms with E-state index in [1.807, 2.05) is 18.2 Å². The highest BCUT2D eigenvalue weighted by Gasteiger charge is 2.38. The molecular weight excluding hydrogens is 246 g/mol. The number of nitrogens with two attached hydrogens (primary N) is 1. The summed E-state index contributed by atoms with van der Waals surface area (Å²) in [5.41, 5.74) is 10.1. The van der Waals surface area contributed by atoms with E-state index in [9.17, 15) is 0 Å². The summed E-state index contributed by atoms with van der Waals surface area (Å²) in [6.07, 6.45) is 2.98. The Hall–Kier alpha value is -1.80. The van der Waals surface area contributed by atoms with Crippen molar-refractivity contribution in [3.05, 3.63) is 65.2 Å². The van der Waals surface area contributed by atoms with Crippen molar-refractivity contribution in [3.63, 3.8) is 0 Å². The third-order valence-electron chi connectivity index (χ3n) is 4.12. The van der Waals surface area contributed by atoms with Gasteiger partial charge in [-0.05, 0) is 36.5 Å². The van der Waals surface area contributed by atoms with Crippen LogP contribution in [0.4, 0.5) is 0 Å². The van der Waals surface area contributed by atoms with Crippen molar-refractivity contribution in [2.75, 3.05) is 6.61 Å². The number of hydrogen-bond acceptors (Lipinski definition) is 2. The average molecular weight is 267 g/mol. The largest absolute Gasteiger partial charge is 0.493 e. The second-order valence-electron chi connectivity index (χ2n) is 5.47. The van der Waals surface area contributed by atoms with Crippen molar-refractivity contribution in [1.82, 2.24) is 0 Å². The zero-order valence-corrected chi connectivity index (χ0v) is 11.9. The lowest BCUT2D eigenvalue weighted by atomic mass is 9.84. The number of benzene rings is 2. The van der Waals surface area contributed by atoms with Crippen LogP contribution in [0.2, 0.25) is 0 Å². The zero-order chi connectivity index (χ0) is 14.0. The molecule has 0 saturated carbocycles. The van der Waals surface area contributed by atoms with Gasteiger partial charge in [0.25, 0.3) is 0 Å². The Morgan fingerprint density at radius 3 is 2.55 bits per heavy atom. The predicted octanol–water partition coefficient (Wildman–Crippen LogP) is 3.62. The molecule has 1 unspecified atom stereocenters. The molecule has 0 amide bonds. The van der Waals surface area contributed by atoms with E-state index in [1.54, 1.807) is 0 Å². The lowest BCUT2D eigenvalue weighted by Crippen LogP contribution is -2.35. The summed E-state index contributed by atoms with van der Waals surface area (Å²) in [7, 11) is 0. The number of rotatable bonds is 4. The van der Waals surface area contributed by atoms with E-state index in [2.05, 4.69) is 37.3 Å². The lowest BCUT2D eigenvalue weighted by molar-refractivity contribution is 0.307. The van der Waals surface area contributed by atoms with Gasteiger partial charge in [-0.15, -0.1) is 0 Å². The molecule has 0 heterocycles. The zero-order valence-electron chi connectivity index (χ0n) is 11.9. The SMILES string of the molecule is CCCOc1ccccc1C1(N)CCc2ccccc21. The fraction of sp³-hybridized carbons (Fsp3) is 0.333. The quantitative estimate of drug-likeness (QED) is 0.918. The molecule has 0 aromatic heterocycles. The molecule has 0 saturated heterocycles. The minimum atomic E-state index is -0.416. The Kier molecular flexibility index (Phi) is 3.49. The first-order chi connectivity index (χ1) is 9.75. The minimum absolute atomic E-state index is 0.416. The highest BCUT2D eigenvalue weighted by molar-refractivity contribution is 5.51. The van der Waals surface area contributed by atoms with Crippen molar-refractivity contribution >= 4 is 0 Å². The van der Waals surface area contributed by atoms with Crippen LogP contribution in [0.25, 0.3) is 0 Å². The summed E-state index contributed by atoms with van der Waals surface area (Å²) in [6.45, 7) is 2.85. The van der Waals surface area contributed by atoms with Gasteiger partial charge in [0.15, 0.2) is 0 Å². The van der Waals surface area contributed by atoms with Crippen molar-refractivity contribution in [2.24, 2.45) is 5.73 Å². The van der Waals surface area contributed by atoms with Crippen molar-refractivity contribution in [1.29, 1.82) is 0 Å². The molecule has 0 bridgehead atoms. The molecule has 0 spiro atoms. The van der Waals surface area contributed by atoms with Crippen LogP contribution >= 0.6 is 0 Å². The van der Waals surface area contributed by atoms with Gasteiger partial charge in [-0.2, -0.15) is 0 Å². The van der Waals surface area contributed by atoms with E-state index in [4.69, 9.17) is 10.5 Å². The minimum Gasteiger partial charge on any atom is -0.493 e. The molecule has 1 atom stereocenters.